The molecule has 1 saturated carbocycles. The molecule has 2 aliphatic rings. The Hall–Kier alpha value is -0.710. The van der Waals surface area contributed by atoms with Crippen LogP contribution >= 0.6 is 0 Å². The van der Waals surface area contributed by atoms with Crippen molar-refractivity contribution in [2.75, 3.05) is 6.61 Å². The fourth-order valence-corrected chi connectivity index (χ4v) is 4.26. The predicted octanol–water partition coefficient (Wildman–Crippen LogP) is 1.04. The molecule has 0 heterocycles. The lowest BCUT2D eigenvalue weighted by Gasteiger charge is -2.59. The summed E-state index contributed by atoms with van der Waals surface area (Å²) in [6, 6.07) is 0. The van der Waals surface area contributed by atoms with Crippen molar-refractivity contribution in [3.63, 3.8) is 0 Å². The molecule has 4 nitrogen and oxygen atoms in total. The average Bonchev–Trinajstić information content (AvgIpc) is 2.31. The van der Waals surface area contributed by atoms with Crippen LogP contribution in [0.2, 0.25) is 0 Å². The highest BCUT2D eigenvalue weighted by molar-refractivity contribution is 5.95. The summed E-state index contributed by atoms with van der Waals surface area (Å²) in [6.07, 6.45) is 1.92. The molecule has 2 rings (SSSR count). The van der Waals surface area contributed by atoms with Crippen molar-refractivity contribution in [2.24, 2.45) is 16.7 Å². The van der Waals surface area contributed by atoms with Crippen molar-refractivity contribution >= 4 is 5.78 Å². The molecule has 0 unspecified atom stereocenters. The van der Waals surface area contributed by atoms with Crippen LogP contribution in [0.25, 0.3) is 0 Å². The summed E-state index contributed by atoms with van der Waals surface area (Å²) in [4.78, 5) is 12.4. The molecule has 19 heavy (non-hydrogen) atoms. The van der Waals surface area contributed by atoms with Gasteiger partial charge in [0.05, 0.1) is 12.7 Å². The topological polar surface area (TPSA) is 77.8 Å². The summed E-state index contributed by atoms with van der Waals surface area (Å²) in [7, 11) is 0. The van der Waals surface area contributed by atoms with E-state index in [9.17, 15) is 20.1 Å². The highest BCUT2D eigenvalue weighted by atomic mass is 16.3. The summed E-state index contributed by atoms with van der Waals surface area (Å²) in [5, 5.41) is 30.8. The second kappa shape index (κ2) is 4.14. The standard InChI is InChI=1S/C15H24O4/c1-9-7-10(17)12-13(2,3)11(18)5-6-14(12,4)15(9,19)8-16/h7,11-12,16,18-19H,5-6,8H2,1-4H3/t11-,12-,14-,15+/m1/s1. The quantitative estimate of drug-likeness (QED) is 0.664. The monoisotopic (exact) mass is 268 g/mol. The normalized spacial score (nSPS) is 45.6. The van der Waals surface area contributed by atoms with Gasteiger partial charge in [0.2, 0.25) is 0 Å². The molecule has 0 amide bonds. The number of rotatable bonds is 1. The smallest absolute Gasteiger partial charge is 0.160 e. The van der Waals surface area contributed by atoms with Gasteiger partial charge in [-0.25, -0.2) is 0 Å². The van der Waals surface area contributed by atoms with E-state index in [-0.39, 0.29) is 5.78 Å². The van der Waals surface area contributed by atoms with Gasteiger partial charge < -0.3 is 15.3 Å². The number of hydrogen-bond acceptors (Lipinski definition) is 4. The number of allylic oxidation sites excluding steroid dienone is 1. The van der Waals surface area contributed by atoms with E-state index in [0.29, 0.717) is 18.4 Å². The molecule has 1 fully saturated rings. The lowest BCUT2D eigenvalue weighted by Crippen LogP contribution is -2.65. The number of aliphatic hydroxyl groups excluding tert-OH is 2. The minimum atomic E-state index is -1.39. The van der Waals surface area contributed by atoms with Crippen LogP contribution < -0.4 is 0 Å². The van der Waals surface area contributed by atoms with E-state index in [1.54, 1.807) is 6.92 Å². The van der Waals surface area contributed by atoms with Gasteiger partial charge >= 0.3 is 0 Å². The maximum atomic E-state index is 12.4. The largest absolute Gasteiger partial charge is 0.393 e. The van der Waals surface area contributed by atoms with Crippen LogP contribution in [0, 0.1) is 16.7 Å². The Kier molecular flexibility index (Phi) is 3.20. The molecule has 0 aromatic heterocycles. The van der Waals surface area contributed by atoms with Crippen LogP contribution in [0.3, 0.4) is 0 Å². The molecule has 0 aromatic rings. The van der Waals surface area contributed by atoms with Gasteiger partial charge in [-0.05, 0) is 31.4 Å². The predicted molar refractivity (Wildman–Crippen MR) is 71.4 cm³/mol. The third kappa shape index (κ3) is 1.66. The van der Waals surface area contributed by atoms with Crippen LogP contribution in [0.15, 0.2) is 11.6 Å². The van der Waals surface area contributed by atoms with Crippen LogP contribution in [0.1, 0.15) is 40.5 Å². The highest BCUT2D eigenvalue weighted by Crippen LogP contribution is 2.59. The molecule has 3 N–H and O–H groups in total. The summed E-state index contributed by atoms with van der Waals surface area (Å²) in [5.74, 6) is -0.536. The zero-order valence-corrected chi connectivity index (χ0v) is 12.1. The third-order valence-corrected chi connectivity index (χ3v) is 5.65. The van der Waals surface area contributed by atoms with Gasteiger partial charge in [0, 0.05) is 16.7 Å². The van der Waals surface area contributed by atoms with Crippen LogP contribution in [0.4, 0.5) is 0 Å². The van der Waals surface area contributed by atoms with Crippen molar-refractivity contribution in [3.8, 4) is 0 Å². The molecular formula is C15H24O4. The van der Waals surface area contributed by atoms with E-state index in [0.717, 1.165) is 0 Å². The Bertz CT molecular complexity index is 439. The number of fused-ring (bicyclic) bond motifs is 1. The third-order valence-electron chi connectivity index (χ3n) is 5.65. The molecular weight excluding hydrogens is 244 g/mol. The molecule has 0 radical (unpaired) electrons. The maximum Gasteiger partial charge on any atom is 0.160 e. The lowest BCUT2D eigenvalue weighted by molar-refractivity contribution is -0.191. The Morgan fingerprint density at radius 2 is 1.95 bits per heavy atom. The molecule has 4 atom stereocenters. The molecule has 0 spiro atoms. The Morgan fingerprint density at radius 1 is 1.37 bits per heavy atom. The van der Waals surface area contributed by atoms with Gasteiger partial charge in [0.1, 0.15) is 5.60 Å². The summed E-state index contributed by atoms with van der Waals surface area (Å²) in [6.45, 7) is 6.87. The Balaban J connectivity index is 2.63. The second-order valence-corrected chi connectivity index (χ2v) is 6.97. The summed E-state index contributed by atoms with van der Waals surface area (Å²) < 4.78 is 0. The number of hydrogen-bond donors (Lipinski definition) is 3. The molecule has 108 valence electrons. The van der Waals surface area contributed by atoms with Crippen molar-refractivity contribution < 1.29 is 20.1 Å². The first-order chi connectivity index (χ1) is 8.61. The number of carbonyl (C=O) groups is 1. The van der Waals surface area contributed by atoms with E-state index in [1.807, 2.05) is 20.8 Å². The minimum absolute atomic E-state index is 0.0538. The molecule has 0 bridgehead atoms. The van der Waals surface area contributed by atoms with E-state index in [4.69, 9.17) is 0 Å². The van der Waals surface area contributed by atoms with Gasteiger partial charge in [0.15, 0.2) is 5.78 Å². The van der Waals surface area contributed by atoms with E-state index in [2.05, 4.69) is 0 Å². The zero-order chi connectivity index (χ0) is 14.6. The average molecular weight is 268 g/mol. The van der Waals surface area contributed by atoms with Gasteiger partial charge in [0.25, 0.3) is 0 Å². The molecule has 0 aromatic carbocycles. The number of carbonyl (C=O) groups excluding carboxylic acids is 1. The van der Waals surface area contributed by atoms with E-state index < -0.39 is 35.1 Å². The Labute approximate surface area is 114 Å². The van der Waals surface area contributed by atoms with Crippen molar-refractivity contribution in [2.45, 2.75) is 52.2 Å². The van der Waals surface area contributed by atoms with Gasteiger partial charge in [-0.1, -0.05) is 20.8 Å². The van der Waals surface area contributed by atoms with Crippen LogP contribution in [-0.2, 0) is 4.79 Å². The van der Waals surface area contributed by atoms with E-state index in [1.165, 1.54) is 6.08 Å². The Morgan fingerprint density at radius 3 is 2.47 bits per heavy atom. The molecule has 2 aliphatic carbocycles. The van der Waals surface area contributed by atoms with Crippen LogP contribution in [0.5, 0.6) is 0 Å². The number of ketones is 1. The van der Waals surface area contributed by atoms with Crippen molar-refractivity contribution in [3.05, 3.63) is 11.6 Å². The maximum absolute atomic E-state index is 12.4. The van der Waals surface area contributed by atoms with E-state index >= 15 is 0 Å². The lowest BCUT2D eigenvalue weighted by atomic mass is 9.46. The first kappa shape index (κ1) is 14.7. The zero-order valence-electron chi connectivity index (χ0n) is 12.1. The highest BCUT2D eigenvalue weighted by Gasteiger charge is 2.64. The van der Waals surface area contributed by atoms with Gasteiger partial charge in [-0.2, -0.15) is 0 Å². The van der Waals surface area contributed by atoms with Crippen LogP contribution in [-0.4, -0.2) is 39.4 Å². The SMILES string of the molecule is CC1=CC(=O)[C@@H]2C(C)(C)[C@H](O)CC[C@@]2(C)[C@]1(O)CO. The number of aliphatic hydroxyl groups is 3. The van der Waals surface area contributed by atoms with Crippen molar-refractivity contribution in [1.29, 1.82) is 0 Å². The first-order valence-electron chi connectivity index (χ1n) is 6.85. The fourth-order valence-electron chi connectivity index (χ4n) is 4.26. The molecule has 4 heteroatoms. The van der Waals surface area contributed by atoms with Gasteiger partial charge in [-0.15, -0.1) is 0 Å². The van der Waals surface area contributed by atoms with Crippen molar-refractivity contribution in [1.82, 2.24) is 0 Å². The summed E-state index contributed by atoms with van der Waals surface area (Å²) in [5.41, 5.74) is -2.21. The summed E-state index contributed by atoms with van der Waals surface area (Å²) >= 11 is 0. The van der Waals surface area contributed by atoms with Gasteiger partial charge in [-0.3, -0.25) is 4.79 Å². The fraction of sp³-hybridized carbons (Fsp3) is 0.800. The molecule has 0 aliphatic heterocycles. The first-order valence-corrected chi connectivity index (χ1v) is 6.85. The second-order valence-electron chi connectivity index (χ2n) is 6.97. The minimum Gasteiger partial charge on any atom is -0.393 e. The molecule has 0 saturated heterocycles.